The molecule has 0 aliphatic carbocycles. The fraction of sp³-hybridized carbons (Fsp3) is 0.688. The zero-order valence-electron chi connectivity index (χ0n) is 11.4. The van der Waals surface area contributed by atoms with Gasteiger partial charge in [-0.15, -0.1) is 0 Å². The van der Waals surface area contributed by atoms with Gasteiger partial charge in [0.1, 0.15) is 6.29 Å². The fourth-order valence-corrected chi connectivity index (χ4v) is 1.86. The molecule has 0 rings (SSSR count). The van der Waals surface area contributed by atoms with Crippen LogP contribution in [0.3, 0.4) is 0 Å². The monoisotopic (exact) mass is 236 g/mol. The Labute approximate surface area is 107 Å². The van der Waals surface area contributed by atoms with Gasteiger partial charge in [-0.2, -0.15) is 0 Å². The van der Waals surface area contributed by atoms with Crippen LogP contribution in [0.5, 0.6) is 0 Å². The highest BCUT2D eigenvalue weighted by molar-refractivity contribution is 5.65. The summed E-state index contributed by atoms with van der Waals surface area (Å²) in [5.41, 5.74) is 0. The van der Waals surface area contributed by atoms with Crippen molar-refractivity contribution < 1.29 is 4.79 Å². The summed E-state index contributed by atoms with van der Waals surface area (Å²) >= 11 is 0. The Bertz CT molecular complexity index is 204. The highest BCUT2D eigenvalue weighted by Crippen LogP contribution is 2.10. The molecule has 0 bridgehead atoms. The number of rotatable bonds is 12. The summed E-state index contributed by atoms with van der Waals surface area (Å²) in [6.45, 7) is 2.26. The number of aldehydes is 1. The lowest BCUT2D eigenvalue weighted by atomic mass is 10.1. The first kappa shape index (κ1) is 16.1. The van der Waals surface area contributed by atoms with E-state index in [2.05, 4.69) is 13.0 Å². The van der Waals surface area contributed by atoms with Crippen molar-refractivity contribution in [1.82, 2.24) is 0 Å². The lowest BCUT2D eigenvalue weighted by molar-refractivity contribution is -0.104. The minimum Gasteiger partial charge on any atom is -0.299 e. The molecule has 0 aliphatic heterocycles. The standard InChI is InChI=1S/C16H28O/c1-2-3-4-5-6-7-8-9-10-11-12-13-14-15-16-17/h12-16H,2-11H2,1H3/b13-12?,15-14-. The van der Waals surface area contributed by atoms with Gasteiger partial charge < -0.3 is 0 Å². The smallest absolute Gasteiger partial charge is 0.142 e. The highest BCUT2D eigenvalue weighted by Gasteiger charge is 1.90. The summed E-state index contributed by atoms with van der Waals surface area (Å²) < 4.78 is 0. The molecule has 0 unspecified atom stereocenters. The van der Waals surface area contributed by atoms with Gasteiger partial charge in [-0.25, -0.2) is 0 Å². The molecular weight excluding hydrogens is 208 g/mol. The molecule has 0 radical (unpaired) electrons. The summed E-state index contributed by atoms with van der Waals surface area (Å²) in [6.07, 6.45) is 21.8. The molecule has 0 aromatic heterocycles. The summed E-state index contributed by atoms with van der Waals surface area (Å²) in [7, 11) is 0. The van der Waals surface area contributed by atoms with E-state index in [9.17, 15) is 4.79 Å². The molecule has 0 aromatic rings. The maximum absolute atomic E-state index is 9.99. The van der Waals surface area contributed by atoms with Crippen molar-refractivity contribution in [2.45, 2.75) is 71.1 Å². The summed E-state index contributed by atoms with van der Waals surface area (Å²) in [5.74, 6) is 0. The number of hydrogen-bond acceptors (Lipinski definition) is 1. The van der Waals surface area contributed by atoms with Crippen LogP contribution in [0, 0.1) is 0 Å². The van der Waals surface area contributed by atoms with Gasteiger partial charge in [0.15, 0.2) is 0 Å². The lowest BCUT2D eigenvalue weighted by Crippen LogP contribution is -1.80. The van der Waals surface area contributed by atoms with Gasteiger partial charge in [-0.1, -0.05) is 76.5 Å². The van der Waals surface area contributed by atoms with E-state index in [0.29, 0.717) is 0 Å². The minimum atomic E-state index is 0.808. The van der Waals surface area contributed by atoms with Crippen LogP contribution in [0.1, 0.15) is 71.1 Å². The van der Waals surface area contributed by atoms with E-state index in [1.807, 2.05) is 6.08 Å². The van der Waals surface area contributed by atoms with Crippen LogP contribution >= 0.6 is 0 Å². The van der Waals surface area contributed by atoms with Crippen LogP contribution in [-0.2, 0) is 4.79 Å². The van der Waals surface area contributed by atoms with E-state index >= 15 is 0 Å². The summed E-state index contributed by atoms with van der Waals surface area (Å²) in [5, 5.41) is 0. The molecule has 98 valence electrons. The molecule has 0 heterocycles. The van der Waals surface area contributed by atoms with Crippen LogP contribution < -0.4 is 0 Å². The normalized spacial score (nSPS) is 11.6. The quantitative estimate of drug-likeness (QED) is 0.196. The third-order valence-electron chi connectivity index (χ3n) is 2.91. The summed E-state index contributed by atoms with van der Waals surface area (Å²) in [6, 6.07) is 0. The molecule has 0 saturated heterocycles. The van der Waals surface area contributed by atoms with E-state index in [-0.39, 0.29) is 0 Å². The Morgan fingerprint density at radius 2 is 1.29 bits per heavy atom. The average molecular weight is 236 g/mol. The highest BCUT2D eigenvalue weighted by atomic mass is 16.1. The van der Waals surface area contributed by atoms with Gasteiger partial charge in [0.05, 0.1) is 0 Å². The Morgan fingerprint density at radius 3 is 1.88 bits per heavy atom. The first-order valence-electron chi connectivity index (χ1n) is 7.18. The zero-order valence-corrected chi connectivity index (χ0v) is 11.4. The van der Waals surface area contributed by atoms with Crippen LogP contribution in [-0.4, -0.2) is 6.29 Å². The maximum atomic E-state index is 9.99. The molecule has 1 nitrogen and oxygen atoms in total. The third kappa shape index (κ3) is 15.1. The van der Waals surface area contributed by atoms with Crippen molar-refractivity contribution in [2.75, 3.05) is 0 Å². The van der Waals surface area contributed by atoms with Crippen LogP contribution in [0.2, 0.25) is 0 Å². The number of allylic oxidation sites excluding steroid dienone is 4. The lowest BCUT2D eigenvalue weighted by Gasteiger charge is -2.00. The van der Waals surface area contributed by atoms with E-state index in [0.717, 1.165) is 12.7 Å². The van der Waals surface area contributed by atoms with Gasteiger partial charge in [0.2, 0.25) is 0 Å². The van der Waals surface area contributed by atoms with Crippen molar-refractivity contribution in [1.29, 1.82) is 0 Å². The van der Waals surface area contributed by atoms with Gasteiger partial charge in [0.25, 0.3) is 0 Å². The van der Waals surface area contributed by atoms with Crippen molar-refractivity contribution in [3.63, 3.8) is 0 Å². The van der Waals surface area contributed by atoms with Crippen molar-refractivity contribution in [3.05, 3.63) is 24.3 Å². The Balaban J connectivity index is 3.05. The largest absolute Gasteiger partial charge is 0.299 e. The average Bonchev–Trinajstić information content (AvgIpc) is 2.35. The van der Waals surface area contributed by atoms with Crippen LogP contribution in [0.4, 0.5) is 0 Å². The van der Waals surface area contributed by atoms with Crippen LogP contribution in [0.15, 0.2) is 24.3 Å². The molecule has 0 N–H and O–H groups in total. The van der Waals surface area contributed by atoms with Crippen molar-refractivity contribution in [3.8, 4) is 0 Å². The number of unbranched alkanes of at least 4 members (excludes halogenated alkanes) is 9. The van der Waals surface area contributed by atoms with Gasteiger partial charge in [-0.05, 0) is 18.9 Å². The maximum Gasteiger partial charge on any atom is 0.142 e. The first-order valence-corrected chi connectivity index (χ1v) is 7.18. The number of hydrogen-bond donors (Lipinski definition) is 0. The zero-order chi connectivity index (χ0) is 12.6. The number of carbonyl (C=O) groups is 1. The Kier molecular flexibility index (Phi) is 14.4. The summed E-state index contributed by atoms with van der Waals surface area (Å²) in [4.78, 5) is 9.99. The molecule has 0 aliphatic rings. The van der Waals surface area contributed by atoms with E-state index < -0.39 is 0 Å². The predicted molar refractivity (Wildman–Crippen MR) is 76.2 cm³/mol. The molecule has 17 heavy (non-hydrogen) atoms. The predicted octanol–water partition coefficient (Wildman–Crippen LogP) is 5.22. The molecule has 1 heteroatoms. The topological polar surface area (TPSA) is 17.1 Å². The molecule has 0 fully saturated rings. The second-order valence-electron chi connectivity index (χ2n) is 4.57. The van der Waals surface area contributed by atoms with E-state index in [4.69, 9.17) is 0 Å². The first-order chi connectivity index (χ1) is 8.41. The van der Waals surface area contributed by atoms with E-state index in [1.54, 1.807) is 6.08 Å². The Hall–Kier alpha value is -0.850. The van der Waals surface area contributed by atoms with E-state index in [1.165, 1.54) is 63.9 Å². The number of carbonyl (C=O) groups excluding carboxylic acids is 1. The molecule has 0 amide bonds. The van der Waals surface area contributed by atoms with Gasteiger partial charge in [0, 0.05) is 0 Å². The fourth-order valence-electron chi connectivity index (χ4n) is 1.86. The molecule has 0 spiro atoms. The molecule has 0 atom stereocenters. The minimum absolute atomic E-state index is 0.808. The van der Waals surface area contributed by atoms with Crippen molar-refractivity contribution >= 4 is 6.29 Å². The Morgan fingerprint density at radius 1 is 0.706 bits per heavy atom. The van der Waals surface area contributed by atoms with Gasteiger partial charge >= 0.3 is 0 Å². The second kappa shape index (κ2) is 15.1. The molecular formula is C16H28O. The molecule has 0 saturated carbocycles. The second-order valence-corrected chi connectivity index (χ2v) is 4.57. The van der Waals surface area contributed by atoms with Gasteiger partial charge in [-0.3, -0.25) is 4.79 Å². The molecule has 0 aromatic carbocycles. The third-order valence-corrected chi connectivity index (χ3v) is 2.91. The van der Waals surface area contributed by atoms with Crippen molar-refractivity contribution in [2.24, 2.45) is 0 Å². The SMILES string of the molecule is CCCCCCCCCCCC=C/C=C\C=O. The van der Waals surface area contributed by atoms with Crippen LogP contribution in [0.25, 0.3) is 0 Å².